The molecule has 1 saturated heterocycles. The topological polar surface area (TPSA) is 52.6 Å². The molecule has 1 aliphatic heterocycles. The summed E-state index contributed by atoms with van der Waals surface area (Å²) in [6.45, 7) is 15.7. The van der Waals surface area contributed by atoms with E-state index < -0.39 is 0 Å². The zero-order chi connectivity index (χ0) is 19.8. The van der Waals surface area contributed by atoms with Crippen LogP contribution in [0.4, 0.5) is 0 Å². The van der Waals surface area contributed by atoms with E-state index in [2.05, 4.69) is 29.0 Å². The zero-order valence-electron chi connectivity index (χ0n) is 17.4. The standard InChI is InChI=1S/C22H35N3O2/c1-5-24-10-12-25(13-11-24)16-17(2)15-23-22(27)9-8-21(26)20-7-6-18(3)19(4)14-20/h6-7,14,17H,5,8-13,15-16H2,1-4H3,(H,23,27). The van der Waals surface area contributed by atoms with Crippen molar-refractivity contribution in [2.45, 2.75) is 40.5 Å². The minimum absolute atomic E-state index is 0.0326. The Labute approximate surface area is 164 Å². The van der Waals surface area contributed by atoms with Crippen LogP contribution in [0.1, 0.15) is 48.2 Å². The van der Waals surface area contributed by atoms with Crippen LogP contribution in [-0.2, 0) is 4.79 Å². The van der Waals surface area contributed by atoms with Crippen LogP contribution in [0.3, 0.4) is 0 Å². The summed E-state index contributed by atoms with van der Waals surface area (Å²) in [5.41, 5.74) is 2.98. The second-order valence-corrected chi connectivity index (χ2v) is 7.87. The second-order valence-electron chi connectivity index (χ2n) is 7.87. The molecule has 1 fully saturated rings. The largest absolute Gasteiger partial charge is 0.356 e. The van der Waals surface area contributed by atoms with Crippen LogP contribution in [0.2, 0.25) is 0 Å². The number of nitrogens with zero attached hydrogens (tertiary/aromatic N) is 2. The molecule has 1 aliphatic rings. The predicted octanol–water partition coefficient (Wildman–Crippen LogP) is 2.66. The maximum absolute atomic E-state index is 12.3. The molecule has 0 spiro atoms. The van der Waals surface area contributed by atoms with Gasteiger partial charge >= 0.3 is 0 Å². The third-order valence-electron chi connectivity index (χ3n) is 5.54. The van der Waals surface area contributed by atoms with Crippen LogP contribution < -0.4 is 5.32 Å². The van der Waals surface area contributed by atoms with Crippen LogP contribution in [0.5, 0.6) is 0 Å². The molecule has 5 nitrogen and oxygen atoms in total. The highest BCUT2D eigenvalue weighted by Gasteiger charge is 2.18. The van der Waals surface area contributed by atoms with Gasteiger partial charge in [0, 0.05) is 57.7 Å². The minimum Gasteiger partial charge on any atom is -0.356 e. The van der Waals surface area contributed by atoms with Gasteiger partial charge in [0.2, 0.25) is 5.91 Å². The average Bonchev–Trinajstić information content (AvgIpc) is 2.67. The predicted molar refractivity (Wildman–Crippen MR) is 110 cm³/mol. The number of rotatable bonds is 9. The molecule has 0 saturated carbocycles. The van der Waals surface area contributed by atoms with Gasteiger partial charge in [-0.25, -0.2) is 0 Å². The number of benzene rings is 1. The number of Topliss-reactive ketones (excluding diaryl/α,β-unsaturated/α-hetero) is 1. The van der Waals surface area contributed by atoms with E-state index in [1.54, 1.807) is 0 Å². The normalized spacial score (nSPS) is 16.9. The van der Waals surface area contributed by atoms with Gasteiger partial charge in [-0.1, -0.05) is 26.0 Å². The van der Waals surface area contributed by atoms with Crippen LogP contribution in [0, 0.1) is 19.8 Å². The van der Waals surface area contributed by atoms with E-state index in [-0.39, 0.29) is 24.5 Å². The Balaban J connectivity index is 1.65. The van der Waals surface area contributed by atoms with Gasteiger partial charge in [0.1, 0.15) is 0 Å². The molecule has 1 aromatic carbocycles. The fourth-order valence-electron chi connectivity index (χ4n) is 3.46. The molecule has 5 heteroatoms. The first-order valence-corrected chi connectivity index (χ1v) is 10.2. The maximum Gasteiger partial charge on any atom is 0.220 e. The molecule has 1 aromatic rings. The Bertz CT molecular complexity index is 636. The lowest BCUT2D eigenvalue weighted by Crippen LogP contribution is -2.48. The van der Waals surface area contributed by atoms with Gasteiger partial charge in [-0.15, -0.1) is 0 Å². The van der Waals surface area contributed by atoms with Crippen molar-refractivity contribution >= 4 is 11.7 Å². The summed E-state index contributed by atoms with van der Waals surface area (Å²) >= 11 is 0. The van der Waals surface area contributed by atoms with Crippen LogP contribution in [0.25, 0.3) is 0 Å². The Morgan fingerprint density at radius 3 is 2.33 bits per heavy atom. The summed E-state index contributed by atoms with van der Waals surface area (Å²) < 4.78 is 0. The number of nitrogens with one attached hydrogen (secondary N) is 1. The molecule has 2 rings (SSSR count). The molecule has 0 bridgehead atoms. The van der Waals surface area contributed by atoms with Crippen molar-refractivity contribution < 1.29 is 9.59 Å². The molecule has 1 amide bonds. The lowest BCUT2D eigenvalue weighted by molar-refractivity contribution is -0.121. The van der Waals surface area contributed by atoms with E-state index in [1.165, 1.54) is 5.56 Å². The smallest absolute Gasteiger partial charge is 0.220 e. The monoisotopic (exact) mass is 373 g/mol. The number of carbonyl (C=O) groups is 2. The summed E-state index contributed by atoms with van der Waals surface area (Å²) in [5, 5.41) is 2.99. The van der Waals surface area contributed by atoms with Crippen molar-refractivity contribution in [3.05, 3.63) is 34.9 Å². The minimum atomic E-state index is -0.0326. The SMILES string of the molecule is CCN1CCN(CC(C)CNC(=O)CCC(=O)c2ccc(C)c(C)c2)CC1. The molecule has 0 radical (unpaired) electrons. The molecule has 1 N–H and O–H groups in total. The van der Waals surface area contributed by atoms with E-state index in [0.717, 1.165) is 44.8 Å². The Morgan fingerprint density at radius 1 is 1.04 bits per heavy atom. The van der Waals surface area contributed by atoms with Gasteiger partial charge < -0.3 is 15.1 Å². The van der Waals surface area contributed by atoms with Gasteiger partial charge in [-0.05, 0) is 43.5 Å². The van der Waals surface area contributed by atoms with E-state index in [1.807, 2.05) is 32.0 Å². The number of ketones is 1. The third-order valence-corrected chi connectivity index (χ3v) is 5.54. The lowest BCUT2D eigenvalue weighted by atomic mass is 10.0. The highest BCUT2D eigenvalue weighted by Crippen LogP contribution is 2.12. The van der Waals surface area contributed by atoms with Crippen molar-refractivity contribution in [1.82, 2.24) is 15.1 Å². The van der Waals surface area contributed by atoms with Crippen LogP contribution in [0.15, 0.2) is 18.2 Å². The third kappa shape index (κ3) is 7.07. The molecule has 0 aromatic heterocycles. The van der Waals surface area contributed by atoms with E-state index in [0.29, 0.717) is 18.0 Å². The van der Waals surface area contributed by atoms with Gasteiger partial charge in [0.05, 0.1) is 0 Å². The number of piperazine rings is 1. The quantitative estimate of drug-likeness (QED) is 0.676. The van der Waals surface area contributed by atoms with Crippen molar-refractivity contribution in [1.29, 1.82) is 0 Å². The second kappa shape index (κ2) is 10.6. The number of likely N-dealkylation sites (N-methyl/N-ethyl adjacent to an activating group) is 1. The van der Waals surface area contributed by atoms with Crippen molar-refractivity contribution in [2.75, 3.05) is 45.8 Å². The van der Waals surface area contributed by atoms with Crippen molar-refractivity contribution in [2.24, 2.45) is 5.92 Å². The van der Waals surface area contributed by atoms with Gasteiger partial charge in [0.15, 0.2) is 5.78 Å². The molecule has 27 heavy (non-hydrogen) atoms. The summed E-state index contributed by atoms with van der Waals surface area (Å²) in [6, 6.07) is 5.73. The Morgan fingerprint density at radius 2 is 1.70 bits per heavy atom. The van der Waals surface area contributed by atoms with Crippen molar-refractivity contribution in [3.63, 3.8) is 0 Å². The summed E-state index contributed by atoms with van der Waals surface area (Å²) in [6.07, 6.45) is 0.523. The number of hydrogen-bond acceptors (Lipinski definition) is 4. The van der Waals surface area contributed by atoms with Gasteiger partial charge in [-0.3, -0.25) is 9.59 Å². The van der Waals surface area contributed by atoms with Gasteiger partial charge in [0.25, 0.3) is 0 Å². The number of amides is 1. The van der Waals surface area contributed by atoms with Crippen LogP contribution >= 0.6 is 0 Å². The molecule has 1 atom stereocenters. The van der Waals surface area contributed by atoms with Crippen molar-refractivity contribution in [3.8, 4) is 0 Å². The lowest BCUT2D eigenvalue weighted by Gasteiger charge is -2.35. The molecule has 1 heterocycles. The molecule has 1 unspecified atom stereocenters. The highest BCUT2D eigenvalue weighted by molar-refractivity contribution is 5.98. The average molecular weight is 374 g/mol. The highest BCUT2D eigenvalue weighted by atomic mass is 16.2. The fraction of sp³-hybridized carbons (Fsp3) is 0.636. The molecular formula is C22H35N3O2. The summed E-state index contributed by atoms with van der Waals surface area (Å²) in [4.78, 5) is 29.3. The Kier molecular flexibility index (Phi) is 8.45. The zero-order valence-corrected chi connectivity index (χ0v) is 17.4. The van der Waals surface area contributed by atoms with E-state index in [9.17, 15) is 9.59 Å². The molecule has 0 aliphatic carbocycles. The van der Waals surface area contributed by atoms with E-state index in [4.69, 9.17) is 0 Å². The number of aryl methyl sites for hydroxylation is 2. The van der Waals surface area contributed by atoms with E-state index >= 15 is 0 Å². The first kappa shape index (κ1) is 21.6. The number of carbonyl (C=O) groups excluding carboxylic acids is 2. The fourth-order valence-corrected chi connectivity index (χ4v) is 3.46. The molecular weight excluding hydrogens is 338 g/mol. The first-order valence-electron chi connectivity index (χ1n) is 10.2. The summed E-state index contributed by atoms with van der Waals surface area (Å²) in [5.74, 6) is 0.419. The van der Waals surface area contributed by atoms with Crippen LogP contribution in [-0.4, -0.2) is 67.3 Å². The maximum atomic E-state index is 12.3. The Hall–Kier alpha value is -1.72. The molecule has 150 valence electrons. The number of hydrogen-bond donors (Lipinski definition) is 1. The van der Waals surface area contributed by atoms with Gasteiger partial charge in [-0.2, -0.15) is 0 Å². The summed E-state index contributed by atoms with van der Waals surface area (Å²) in [7, 11) is 0. The first-order chi connectivity index (χ1) is 12.9.